The number of hydrogen-bond donors (Lipinski definition) is 2. The Kier molecular flexibility index (Phi) is 6.75. The van der Waals surface area contributed by atoms with Gasteiger partial charge in [0.25, 0.3) is 0 Å². The van der Waals surface area contributed by atoms with Gasteiger partial charge in [-0.25, -0.2) is 17.9 Å². The van der Waals surface area contributed by atoms with Crippen LogP contribution in [0.1, 0.15) is 46.0 Å². The minimum Gasteiger partial charge on any atom is -0.336 e. The number of sulfonamides is 1. The normalized spacial score (nSPS) is 21.6. The van der Waals surface area contributed by atoms with Crippen molar-refractivity contribution >= 4 is 16.1 Å². The van der Waals surface area contributed by atoms with Gasteiger partial charge in [-0.3, -0.25) is 0 Å². The summed E-state index contributed by atoms with van der Waals surface area (Å²) >= 11 is 0. The van der Waals surface area contributed by atoms with Crippen molar-refractivity contribution in [2.24, 2.45) is 0 Å². The Hall–Kier alpha value is -0.820. The summed E-state index contributed by atoms with van der Waals surface area (Å²) in [7, 11) is -3.21. The van der Waals surface area contributed by atoms with E-state index in [2.05, 4.69) is 17.0 Å². The molecule has 0 aromatic rings. The van der Waals surface area contributed by atoms with Crippen LogP contribution < -0.4 is 10.0 Å². The highest BCUT2D eigenvalue weighted by Crippen LogP contribution is 2.17. The predicted molar refractivity (Wildman–Crippen MR) is 80.1 cm³/mol. The fourth-order valence-electron chi connectivity index (χ4n) is 2.53. The minimum atomic E-state index is -3.21. The van der Waals surface area contributed by atoms with Crippen molar-refractivity contribution in [1.82, 2.24) is 14.9 Å². The second-order valence-corrected chi connectivity index (χ2v) is 7.44. The van der Waals surface area contributed by atoms with Crippen LogP contribution in [0, 0.1) is 0 Å². The zero-order valence-electron chi connectivity index (χ0n) is 12.7. The first-order chi connectivity index (χ1) is 9.33. The van der Waals surface area contributed by atoms with E-state index in [9.17, 15) is 13.2 Å². The first-order valence-corrected chi connectivity index (χ1v) is 9.24. The molecule has 1 saturated heterocycles. The number of rotatable bonds is 6. The molecule has 0 bridgehead atoms. The third-order valence-corrected chi connectivity index (χ3v) is 4.25. The van der Waals surface area contributed by atoms with Gasteiger partial charge in [-0.05, 0) is 32.6 Å². The Labute approximate surface area is 122 Å². The maximum Gasteiger partial charge on any atom is 0.317 e. The number of amides is 2. The third-order valence-electron chi connectivity index (χ3n) is 3.56. The third kappa shape index (κ3) is 6.09. The standard InChI is InChI=1S/C13H27N3O3S/c1-4-7-11(2)15-13(17)16-9-6-5-8-12(16)10-14-20(3,18)19/h11-12,14H,4-10H2,1-3H3,(H,15,17)/t11-,12-/m0/s1. The van der Waals surface area contributed by atoms with Crippen LogP contribution in [0.4, 0.5) is 4.79 Å². The number of urea groups is 1. The lowest BCUT2D eigenvalue weighted by Gasteiger charge is -2.36. The van der Waals surface area contributed by atoms with E-state index in [1.165, 1.54) is 0 Å². The van der Waals surface area contributed by atoms with Gasteiger partial charge >= 0.3 is 6.03 Å². The number of nitrogens with one attached hydrogen (secondary N) is 2. The Bertz CT molecular complexity index is 411. The highest BCUT2D eigenvalue weighted by molar-refractivity contribution is 7.88. The van der Waals surface area contributed by atoms with Gasteiger partial charge in [0.05, 0.1) is 6.26 Å². The second kappa shape index (κ2) is 7.83. The SMILES string of the molecule is CCC[C@H](C)NC(=O)N1CCCC[C@H]1CNS(C)(=O)=O. The summed E-state index contributed by atoms with van der Waals surface area (Å²) in [5.74, 6) is 0. The summed E-state index contributed by atoms with van der Waals surface area (Å²) in [4.78, 5) is 14.0. The van der Waals surface area contributed by atoms with Crippen LogP contribution in [0.3, 0.4) is 0 Å². The lowest BCUT2D eigenvalue weighted by molar-refractivity contribution is 0.149. The quantitative estimate of drug-likeness (QED) is 0.776. The van der Waals surface area contributed by atoms with Gasteiger partial charge in [0.15, 0.2) is 0 Å². The minimum absolute atomic E-state index is 0.0488. The molecule has 1 rings (SSSR count). The van der Waals surface area contributed by atoms with Crippen LogP contribution in [-0.4, -0.2) is 50.8 Å². The van der Waals surface area contributed by atoms with E-state index >= 15 is 0 Å². The topological polar surface area (TPSA) is 78.5 Å². The van der Waals surface area contributed by atoms with Crippen molar-refractivity contribution in [3.05, 3.63) is 0 Å². The number of nitrogens with zero attached hydrogens (tertiary/aromatic N) is 1. The van der Waals surface area contributed by atoms with Gasteiger partial charge in [0.1, 0.15) is 0 Å². The van der Waals surface area contributed by atoms with Gasteiger partial charge in [0, 0.05) is 25.2 Å². The Morgan fingerprint density at radius 2 is 2.10 bits per heavy atom. The lowest BCUT2D eigenvalue weighted by Crippen LogP contribution is -2.54. The fraction of sp³-hybridized carbons (Fsp3) is 0.923. The Morgan fingerprint density at radius 3 is 2.70 bits per heavy atom. The van der Waals surface area contributed by atoms with E-state index in [0.717, 1.165) is 38.4 Å². The summed E-state index contributed by atoms with van der Waals surface area (Å²) in [5, 5.41) is 2.99. The molecule has 1 fully saturated rings. The maximum absolute atomic E-state index is 12.3. The predicted octanol–water partition coefficient (Wildman–Crippen LogP) is 1.29. The molecular formula is C13H27N3O3S. The molecule has 0 aromatic carbocycles. The van der Waals surface area contributed by atoms with E-state index in [1.807, 2.05) is 6.92 Å². The van der Waals surface area contributed by atoms with Gasteiger partial charge in [-0.1, -0.05) is 13.3 Å². The summed E-state index contributed by atoms with van der Waals surface area (Å²) < 4.78 is 24.9. The Balaban J connectivity index is 2.56. The smallest absolute Gasteiger partial charge is 0.317 e. The molecule has 7 heteroatoms. The van der Waals surface area contributed by atoms with E-state index in [4.69, 9.17) is 0 Å². The van der Waals surface area contributed by atoms with Crippen LogP contribution in [0.5, 0.6) is 0 Å². The molecule has 1 aliphatic rings. The zero-order valence-corrected chi connectivity index (χ0v) is 13.5. The fourth-order valence-corrected chi connectivity index (χ4v) is 3.02. The lowest BCUT2D eigenvalue weighted by atomic mass is 10.0. The molecule has 0 aliphatic carbocycles. The van der Waals surface area contributed by atoms with Gasteiger partial charge < -0.3 is 10.2 Å². The maximum atomic E-state index is 12.3. The van der Waals surface area contributed by atoms with E-state index < -0.39 is 10.0 Å². The number of carbonyl (C=O) groups is 1. The van der Waals surface area contributed by atoms with Crippen molar-refractivity contribution in [3.63, 3.8) is 0 Å². The molecule has 1 heterocycles. The van der Waals surface area contributed by atoms with E-state index in [0.29, 0.717) is 13.1 Å². The second-order valence-electron chi connectivity index (χ2n) is 5.60. The average Bonchev–Trinajstić information content (AvgIpc) is 2.36. The molecule has 6 nitrogen and oxygen atoms in total. The van der Waals surface area contributed by atoms with E-state index in [-0.39, 0.29) is 18.1 Å². The highest BCUT2D eigenvalue weighted by atomic mass is 32.2. The van der Waals surface area contributed by atoms with Crippen molar-refractivity contribution in [2.45, 2.75) is 58.0 Å². The van der Waals surface area contributed by atoms with Crippen molar-refractivity contribution in [1.29, 1.82) is 0 Å². The van der Waals surface area contributed by atoms with Crippen molar-refractivity contribution in [3.8, 4) is 0 Å². The van der Waals surface area contributed by atoms with Crippen LogP contribution in [0.2, 0.25) is 0 Å². The molecule has 2 amide bonds. The highest BCUT2D eigenvalue weighted by Gasteiger charge is 2.27. The van der Waals surface area contributed by atoms with Crippen LogP contribution >= 0.6 is 0 Å². The Morgan fingerprint density at radius 1 is 1.40 bits per heavy atom. The first-order valence-electron chi connectivity index (χ1n) is 7.35. The molecule has 0 spiro atoms. The summed E-state index contributed by atoms with van der Waals surface area (Å²) in [6.45, 7) is 5.08. The summed E-state index contributed by atoms with van der Waals surface area (Å²) in [6, 6.07) is 0.0243. The van der Waals surface area contributed by atoms with Gasteiger partial charge in [0.2, 0.25) is 10.0 Å². The molecule has 1 aliphatic heterocycles. The molecule has 2 N–H and O–H groups in total. The number of likely N-dealkylation sites (tertiary alicyclic amines) is 1. The molecule has 0 aromatic heterocycles. The summed E-state index contributed by atoms with van der Waals surface area (Å²) in [6.07, 6.45) is 5.98. The van der Waals surface area contributed by atoms with Crippen LogP contribution in [-0.2, 0) is 10.0 Å². The monoisotopic (exact) mass is 305 g/mol. The first kappa shape index (κ1) is 17.2. The van der Waals surface area contributed by atoms with Crippen LogP contribution in [0.15, 0.2) is 0 Å². The molecule has 0 radical (unpaired) electrons. The largest absolute Gasteiger partial charge is 0.336 e. The molecular weight excluding hydrogens is 278 g/mol. The molecule has 118 valence electrons. The molecule has 0 saturated carbocycles. The number of carbonyl (C=O) groups excluding carboxylic acids is 1. The zero-order chi connectivity index (χ0) is 15.2. The van der Waals surface area contributed by atoms with Crippen molar-refractivity contribution < 1.29 is 13.2 Å². The van der Waals surface area contributed by atoms with Crippen LogP contribution in [0.25, 0.3) is 0 Å². The van der Waals surface area contributed by atoms with Gasteiger partial charge in [-0.15, -0.1) is 0 Å². The molecule has 2 atom stereocenters. The van der Waals surface area contributed by atoms with Gasteiger partial charge in [-0.2, -0.15) is 0 Å². The number of hydrogen-bond acceptors (Lipinski definition) is 3. The van der Waals surface area contributed by atoms with E-state index in [1.54, 1.807) is 4.90 Å². The number of piperidine rings is 1. The van der Waals surface area contributed by atoms with Crippen molar-refractivity contribution in [2.75, 3.05) is 19.3 Å². The molecule has 0 unspecified atom stereocenters. The molecule has 20 heavy (non-hydrogen) atoms. The average molecular weight is 305 g/mol. The summed E-state index contributed by atoms with van der Waals surface area (Å²) in [5.41, 5.74) is 0.